The monoisotopic (exact) mass is 385 g/mol. The summed E-state index contributed by atoms with van der Waals surface area (Å²) >= 11 is 3.39. The molecule has 0 radical (unpaired) electrons. The molecule has 5 nitrogen and oxygen atoms in total. The largest absolute Gasteiger partial charge is 0.294 e. The minimum absolute atomic E-state index is 0.430. The van der Waals surface area contributed by atoms with E-state index in [9.17, 15) is 8.42 Å². The van der Waals surface area contributed by atoms with E-state index >= 15 is 0 Å². The Morgan fingerprint density at radius 3 is 3.00 bits per heavy atom. The Morgan fingerprint density at radius 1 is 1.38 bits per heavy atom. The molecule has 132 valence electrons. The average Bonchev–Trinajstić information content (AvgIpc) is 3.18. The summed E-state index contributed by atoms with van der Waals surface area (Å²) in [5, 5.41) is 7.43. The number of thiophene rings is 1. The molecule has 1 fully saturated rings. The summed E-state index contributed by atoms with van der Waals surface area (Å²) in [6.07, 6.45) is 5.63. The van der Waals surface area contributed by atoms with E-state index in [1.54, 1.807) is 22.7 Å². The van der Waals surface area contributed by atoms with E-state index in [-0.39, 0.29) is 0 Å². The zero-order valence-electron chi connectivity index (χ0n) is 13.8. The van der Waals surface area contributed by atoms with Crippen molar-refractivity contribution in [1.82, 2.24) is 14.6 Å². The van der Waals surface area contributed by atoms with Crippen molar-refractivity contribution in [1.29, 1.82) is 0 Å². The first-order valence-electron chi connectivity index (χ1n) is 8.17. The van der Waals surface area contributed by atoms with Crippen molar-refractivity contribution in [3.8, 4) is 10.6 Å². The van der Waals surface area contributed by atoms with Gasteiger partial charge in [-0.05, 0) is 37.3 Å². The number of sulfonamides is 1. The number of aromatic nitrogens is 1. The molecule has 8 heteroatoms. The summed E-state index contributed by atoms with van der Waals surface area (Å²) in [6, 6.07) is 2.53. The molecule has 0 saturated carbocycles. The summed E-state index contributed by atoms with van der Waals surface area (Å²) in [5.41, 5.74) is 2.31. The van der Waals surface area contributed by atoms with Gasteiger partial charge < -0.3 is 0 Å². The molecular weight excluding hydrogens is 362 g/mol. The van der Waals surface area contributed by atoms with Gasteiger partial charge in [-0.2, -0.15) is 11.3 Å². The van der Waals surface area contributed by atoms with Crippen LogP contribution in [0.2, 0.25) is 0 Å². The normalized spacial score (nSPS) is 19.6. The van der Waals surface area contributed by atoms with Crippen molar-refractivity contribution in [2.75, 3.05) is 19.3 Å². The molecule has 1 atom stereocenters. The highest BCUT2D eigenvalue weighted by atomic mass is 32.2. The van der Waals surface area contributed by atoms with Gasteiger partial charge in [-0.15, -0.1) is 11.3 Å². The zero-order valence-corrected chi connectivity index (χ0v) is 16.2. The van der Waals surface area contributed by atoms with E-state index in [0.29, 0.717) is 12.6 Å². The van der Waals surface area contributed by atoms with Crippen molar-refractivity contribution in [2.45, 2.75) is 38.3 Å². The van der Waals surface area contributed by atoms with Crippen molar-refractivity contribution < 1.29 is 8.42 Å². The predicted octanol–water partition coefficient (Wildman–Crippen LogP) is 3.17. The van der Waals surface area contributed by atoms with Gasteiger partial charge in [-0.25, -0.2) is 18.1 Å². The number of thiazole rings is 1. The fraction of sp³-hybridized carbons (Fsp3) is 0.562. The molecular formula is C16H23N3O2S3. The lowest BCUT2D eigenvalue weighted by molar-refractivity contribution is 0.132. The molecule has 3 heterocycles. The van der Waals surface area contributed by atoms with Gasteiger partial charge in [-0.1, -0.05) is 6.42 Å². The third-order valence-electron chi connectivity index (χ3n) is 4.28. The van der Waals surface area contributed by atoms with E-state index in [1.165, 1.54) is 24.7 Å². The Balaban J connectivity index is 1.59. The maximum Gasteiger partial charge on any atom is 0.208 e. The number of nitrogens with zero attached hydrogens (tertiary/aromatic N) is 2. The second-order valence-corrected chi connectivity index (χ2v) is 9.70. The highest BCUT2D eigenvalue weighted by Gasteiger charge is 2.23. The van der Waals surface area contributed by atoms with Gasteiger partial charge in [0.05, 0.1) is 11.9 Å². The lowest BCUT2D eigenvalue weighted by Gasteiger charge is -2.35. The average molecular weight is 386 g/mol. The van der Waals surface area contributed by atoms with Gasteiger partial charge in [0.1, 0.15) is 5.01 Å². The van der Waals surface area contributed by atoms with E-state index < -0.39 is 10.0 Å². The molecule has 0 amide bonds. The van der Waals surface area contributed by atoms with Crippen LogP contribution in [0.25, 0.3) is 10.6 Å². The number of rotatable bonds is 7. The number of hydrogen-bond acceptors (Lipinski definition) is 6. The van der Waals surface area contributed by atoms with Crippen LogP contribution < -0.4 is 4.72 Å². The Hall–Kier alpha value is -0.800. The van der Waals surface area contributed by atoms with Gasteiger partial charge >= 0.3 is 0 Å². The molecule has 1 saturated heterocycles. The van der Waals surface area contributed by atoms with Crippen LogP contribution in [-0.2, 0) is 16.6 Å². The molecule has 2 aromatic rings. The molecule has 1 unspecified atom stereocenters. The fourth-order valence-electron chi connectivity index (χ4n) is 3.11. The van der Waals surface area contributed by atoms with Crippen LogP contribution in [0.1, 0.15) is 31.4 Å². The summed E-state index contributed by atoms with van der Waals surface area (Å²) < 4.78 is 25.1. The number of nitrogens with one attached hydrogen (secondary N) is 1. The van der Waals surface area contributed by atoms with Crippen LogP contribution in [0.3, 0.4) is 0 Å². The molecule has 0 spiro atoms. The smallest absolute Gasteiger partial charge is 0.208 e. The summed E-state index contributed by atoms with van der Waals surface area (Å²) in [6.45, 7) is 2.43. The third-order valence-corrected chi connectivity index (χ3v) is 6.63. The topological polar surface area (TPSA) is 62.3 Å². The molecule has 24 heavy (non-hydrogen) atoms. The fourth-order valence-corrected chi connectivity index (χ4v) is 5.12. The number of likely N-dealkylation sites (tertiary alicyclic amines) is 1. The Bertz CT molecular complexity index is 740. The van der Waals surface area contributed by atoms with Gasteiger partial charge in [0, 0.05) is 35.5 Å². The van der Waals surface area contributed by atoms with E-state index in [4.69, 9.17) is 4.98 Å². The highest BCUT2D eigenvalue weighted by Crippen LogP contribution is 2.27. The van der Waals surface area contributed by atoms with Crippen molar-refractivity contribution in [3.63, 3.8) is 0 Å². The van der Waals surface area contributed by atoms with Crippen LogP contribution in [0.5, 0.6) is 0 Å². The summed E-state index contributed by atoms with van der Waals surface area (Å²) in [4.78, 5) is 7.23. The molecule has 3 rings (SSSR count). The standard InChI is InChI=1S/C16H23N3O2S3/c1-24(20,21)17-7-5-15-4-2-3-8-19(15)10-14-12-23-16(18-14)13-6-9-22-11-13/h6,9,11-12,15,17H,2-5,7-8,10H2,1H3. The SMILES string of the molecule is CS(=O)(=O)NCCC1CCCCN1Cc1csc(-c2ccsc2)n1. The lowest BCUT2D eigenvalue weighted by Crippen LogP contribution is -2.41. The Kier molecular flexibility index (Phi) is 6.04. The molecule has 0 aromatic carbocycles. The van der Waals surface area contributed by atoms with Gasteiger partial charge in [0.15, 0.2) is 0 Å². The van der Waals surface area contributed by atoms with Crippen molar-refractivity contribution in [3.05, 3.63) is 27.9 Å². The quantitative estimate of drug-likeness (QED) is 0.795. The number of hydrogen-bond donors (Lipinski definition) is 1. The van der Waals surface area contributed by atoms with Gasteiger partial charge in [-0.3, -0.25) is 4.90 Å². The minimum Gasteiger partial charge on any atom is -0.294 e. The van der Waals surface area contributed by atoms with Crippen LogP contribution in [-0.4, -0.2) is 43.7 Å². The first kappa shape index (κ1) is 18.0. The Morgan fingerprint density at radius 2 is 2.25 bits per heavy atom. The Labute approximate surface area is 151 Å². The highest BCUT2D eigenvalue weighted by molar-refractivity contribution is 7.88. The first-order valence-corrected chi connectivity index (χ1v) is 11.9. The van der Waals surface area contributed by atoms with E-state index in [1.807, 2.05) is 0 Å². The van der Waals surface area contributed by atoms with Crippen molar-refractivity contribution in [2.24, 2.45) is 0 Å². The maximum atomic E-state index is 11.2. The van der Waals surface area contributed by atoms with Crippen LogP contribution in [0, 0.1) is 0 Å². The maximum absolute atomic E-state index is 11.2. The number of piperidine rings is 1. The van der Waals surface area contributed by atoms with Crippen LogP contribution in [0.4, 0.5) is 0 Å². The minimum atomic E-state index is -3.10. The third kappa shape index (κ3) is 5.10. The molecule has 1 N–H and O–H groups in total. The van der Waals surface area contributed by atoms with E-state index in [2.05, 4.69) is 31.8 Å². The summed E-state index contributed by atoms with van der Waals surface area (Å²) in [5.74, 6) is 0. The molecule has 0 bridgehead atoms. The first-order chi connectivity index (χ1) is 11.5. The molecule has 1 aliphatic rings. The molecule has 0 aliphatic carbocycles. The molecule has 1 aliphatic heterocycles. The van der Waals surface area contributed by atoms with E-state index in [0.717, 1.165) is 36.6 Å². The van der Waals surface area contributed by atoms with Crippen LogP contribution in [0.15, 0.2) is 22.2 Å². The van der Waals surface area contributed by atoms with Gasteiger partial charge in [0.2, 0.25) is 10.0 Å². The molecule has 2 aromatic heterocycles. The van der Waals surface area contributed by atoms with Crippen molar-refractivity contribution >= 4 is 32.7 Å². The zero-order chi connectivity index (χ0) is 17.0. The van der Waals surface area contributed by atoms with Gasteiger partial charge in [0.25, 0.3) is 0 Å². The van der Waals surface area contributed by atoms with Crippen LogP contribution >= 0.6 is 22.7 Å². The second-order valence-electron chi connectivity index (χ2n) is 6.23. The lowest BCUT2D eigenvalue weighted by atomic mass is 9.99. The predicted molar refractivity (Wildman–Crippen MR) is 101 cm³/mol. The summed E-state index contributed by atoms with van der Waals surface area (Å²) in [7, 11) is -3.10. The second kappa shape index (κ2) is 8.05.